The summed E-state index contributed by atoms with van der Waals surface area (Å²) in [6.07, 6.45) is 2.28. The van der Waals surface area contributed by atoms with E-state index in [1.165, 1.54) is 10.5 Å². The van der Waals surface area contributed by atoms with E-state index in [0.717, 1.165) is 11.1 Å². The maximum Gasteiger partial charge on any atom is 0.267 e. The fourth-order valence-electron chi connectivity index (χ4n) is 4.08. The van der Waals surface area contributed by atoms with Crippen LogP contribution in [0.5, 0.6) is 0 Å². The first-order valence-corrected chi connectivity index (χ1v) is 11.0. The van der Waals surface area contributed by atoms with Crippen molar-refractivity contribution in [3.63, 3.8) is 0 Å². The summed E-state index contributed by atoms with van der Waals surface area (Å²) in [6, 6.07) is 24.2. The normalized spacial score (nSPS) is 11.1. The third kappa shape index (κ3) is 3.99. The van der Waals surface area contributed by atoms with E-state index in [2.05, 4.69) is 10.3 Å². The topological polar surface area (TPSA) is 92.2 Å². The first-order chi connectivity index (χ1) is 16.5. The molecular weight excluding hydrogens is 426 g/mol. The van der Waals surface area contributed by atoms with Gasteiger partial charge in [0.25, 0.3) is 11.5 Å². The van der Waals surface area contributed by atoms with Crippen LogP contribution in [0.2, 0.25) is 0 Å². The maximum atomic E-state index is 13.3. The number of nitrogens with zero attached hydrogens (tertiary/aromatic N) is 3. The smallest absolute Gasteiger partial charge is 0.267 e. The van der Waals surface area contributed by atoms with Crippen LogP contribution in [0, 0.1) is 12.3 Å². The standard InChI is InChI=1S/C27H23N5O2/c1-18-8-7-11-20(16-18)29-26(33)21-17-22-25(30-23-12-5-6-14-31(23)27(22)34)32(24(21)28)15-13-19-9-3-2-4-10-19/h2-12,14,16-17,28H,13,15H2,1H3,(H,29,33). The van der Waals surface area contributed by atoms with Gasteiger partial charge >= 0.3 is 0 Å². The highest BCUT2D eigenvalue weighted by Crippen LogP contribution is 2.14. The summed E-state index contributed by atoms with van der Waals surface area (Å²) in [7, 11) is 0. The zero-order chi connectivity index (χ0) is 23.7. The van der Waals surface area contributed by atoms with Gasteiger partial charge in [-0.15, -0.1) is 0 Å². The van der Waals surface area contributed by atoms with Crippen LogP contribution in [0.3, 0.4) is 0 Å². The molecule has 0 aliphatic carbocycles. The van der Waals surface area contributed by atoms with Crippen molar-refractivity contribution in [3.8, 4) is 0 Å². The number of aromatic nitrogens is 3. The molecule has 0 bridgehead atoms. The number of anilines is 1. The Labute approximate surface area is 195 Å². The number of pyridine rings is 2. The number of benzene rings is 2. The Hall–Kier alpha value is -4.52. The highest BCUT2D eigenvalue weighted by Gasteiger charge is 2.18. The zero-order valence-electron chi connectivity index (χ0n) is 18.7. The van der Waals surface area contributed by atoms with Crippen molar-refractivity contribution in [1.29, 1.82) is 5.41 Å². The molecule has 0 radical (unpaired) electrons. The molecule has 34 heavy (non-hydrogen) atoms. The second kappa shape index (κ2) is 8.78. The van der Waals surface area contributed by atoms with E-state index in [9.17, 15) is 9.59 Å². The number of rotatable bonds is 5. The fraction of sp³-hybridized carbons (Fsp3) is 0.111. The molecule has 0 saturated carbocycles. The number of amides is 1. The van der Waals surface area contributed by atoms with E-state index >= 15 is 0 Å². The average Bonchev–Trinajstić information content (AvgIpc) is 2.84. The summed E-state index contributed by atoms with van der Waals surface area (Å²) in [6.45, 7) is 2.34. The van der Waals surface area contributed by atoms with Gasteiger partial charge in [-0.1, -0.05) is 48.5 Å². The van der Waals surface area contributed by atoms with Crippen molar-refractivity contribution in [2.24, 2.45) is 0 Å². The Balaban J connectivity index is 1.67. The lowest BCUT2D eigenvalue weighted by Gasteiger charge is -2.15. The van der Waals surface area contributed by atoms with E-state index in [0.29, 0.717) is 35.3 Å². The van der Waals surface area contributed by atoms with Crippen LogP contribution < -0.4 is 16.4 Å². The predicted molar refractivity (Wildman–Crippen MR) is 132 cm³/mol. The van der Waals surface area contributed by atoms with Crippen molar-refractivity contribution in [2.75, 3.05) is 5.32 Å². The molecule has 7 heteroatoms. The molecule has 0 spiro atoms. The first kappa shape index (κ1) is 21.3. The van der Waals surface area contributed by atoms with Crippen LogP contribution in [-0.4, -0.2) is 19.9 Å². The fourth-order valence-corrected chi connectivity index (χ4v) is 4.08. The Bertz CT molecular complexity index is 1650. The first-order valence-electron chi connectivity index (χ1n) is 11.0. The van der Waals surface area contributed by atoms with Gasteiger partial charge < -0.3 is 9.88 Å². The lowest BCUT2D eigenvalue weighted by molar-refractivity contribution is 0.102. The molecule has 3 heterocycles. The molecule has 5 aromatic rings. The summed E-state index contributed by atoms with van der Waals surface area (Å²) in [5.41, 5.74) is 3.47. The number of hydrogen-bond acceptors (Lipinski definition) is 4. The van der Waals surface area contributed by atoms with Gasteiger partial charge in [0.2, 0.25) is 0 Å². The van der Waals surface area contributed by atoms with Crippen LogP contribution in [0.25, 0.3) is 16.7 Å². The summed E-state index contributed by atoms with van der Waals surface area (Å²) in [5, 5.41) is 12.0. The van der Waals surface area contributed by atoms with Crippen molar-refractivity contribution in [1.82, 2.24) is 14.0 Å². The van der Waals surface area contributed by atoms with Gasteiger partial charge in [0.15, 0.2) is 0 Å². The second-order valence-electron chi connectivity index (χ2n) is 8.20. The summed E-state index contributed by atoms with van der Waals surface area (Å²) in [5.74, 6) is -0.441. The monoisotopic (exact) mass is 449 g/mol. The number of fused-ring (bicyclic) bond motifs is 2. The highest BCUT2D eigenvalue weighted by atomic mass is 16.1. The van der Waals surface area contributed by atoms with Gasteiger partial charge in [0.05, 0.1) is 10.9 Å². The van der Waals surface area contributed by atoms with Gasteiger partial charge in [-0.3, -0.25) is 19.4 Å². The highest BCUT2D eigenvalue weighted by molar-refractivity contribution is 6.05. The molecule has 5 rings (SSSR count). The molecule has 0 atom stereocenters. The maximum absolute atomic E-state index is 13.3. The SMILES string of the molecule is Cc1cccc(NC(=O)c2cc3c(=O)n4ccccc4nc3n(CCc3ccccc3)c2=N)c1. The number of nitrogens with one attached hydrogen (secondary N) is 2. The van der Waals surface area contributed by atoms with E-state index in [1.807, 2.05) is 61.5 Å². The van der Waals surface area contributed by atoms with Gasteiger partial charge in [-0.2, -0.15) is 0 Å². The van der Waals surface area contributed by atoms with Crippen LogP contribution in [0.1, 0.15) is 21.5 Å². The van der Waals surface area contributed by atoms with E-state index < -0.39 is 5.91 Å². The Morgan fingerprint density at radius 2 is 1.79 bits per heavy atom. The quantitative estimate of drug-likeness (QED) is 0.398. The van der Waals surface area contributed by atoms with Crippen LogP contribution in [0.15, 0.2) is 89.9 Å². The van der Waals surface area contributed by atoms with E-state index in [-0.39, 0.29) is 16.6 Å². The molecular formula is C27H23N5O2. The molecule has 1 amide bonds. The molecule has 7 nitrogen and oxygen atoms in total. The molecule has 0 unspecified atom stereocenters. The lowest BCUT2D eigenvalue weighted by Crippen LogP contribution is -2.32. The summed E-state index contributed by atoms with van der Waals surface area (Å²) in [4.78, 5) is 31.2. The van der Waals surface area contributed by atoms with Gasteiger partial charge in [-0.05, 0) is 54.8 Å². The Morgan fingerprint density at radius 3 is 2.59 bits per heavy atom. The third-order valence-electron chi connectivity index (χ3n) is 5.81. The van der Waals surface area contributed by atoms with Gasteiger partial charge in [-0.25, -0.2) is 4.98 Å². The molecule has 168 valence electrons. The number of carbonyl (C=O) groups excluding carboxylic acids is 1. The lowest BCUT2D eigenvalue weighted by atomic mass is 10.1. The van der Waals surface area contributed by atoms with Crippen molar-refractivity contribution in [3.05, 3.63) is 118 Å². The van der Waals surface area contributed by atoms with Crippen molar-refractivity contribution in [2.45, 2.75) is 19.9 Å². The largest absolute Gasteiger partial charge is 0.322 e. The molecule has 0 aliphatic heterocycles. The van der Waals surface area contributed by atoms with Crippen LogP contribution in [-0.2, 0) is 13.0 Å². The minimum Gasteiger partial charge on any atom is -0.322 e. The van der Waals surface area contributed by atoms with Gasteiger partial charge in [0.1, 0.15) is 16.8 Å². The zero-order valence-corrected chi connectivity index (χ0v) is 18.7. The second-order valence-corrected chi connectivity index (χ2v) is 8.20. The summed E-state index contributed by atoms with van der Waals surface area (Å²) >= 11 is 0. The summed E-state index contributed by atoms with van der Waals surface area (Å²) < 4.78 is 3.11. The number of carbonyl (C=O) groups is 1. The van der Waals surface area contributed by atoms with E-state index in [4.69, 9.17) is 5.41 Å². The predicted octanol–water partition coefficient (Wildman–Crippen LogP) is 3.93. The molecule has 2 N–H and O–H groups in total. The molecule has 2 aromatic carbocycles. The minimum absolute atomic E-state index is 0.0146. The molecule has 0 saturated heterocycles. The molecule has 0 fully saturated rings. The van der Waals surface area contributed by atoms with E-state index in [1.54, 1.807) is 29.0 Å². The Kier molecular flexibility index (Phi) is 5.51. The number of hydrogen-bond donors (Lipinski definition) is 2. The average molecular weight is 450 g/mol. The van der Waals surface area contributed by atoms with Crippen LogP contribution >= 0.6 is 0 Å². The van der Waals surface area contributed by atoms with Crippen molar-refractivity contribution >= 4 is 28.3 Å². The molecule has 3 aromatic heterocycles. The Morgan fingerprint density at radius 1 is 1.00 bits per heavy atom. The molecule has 0 aliphatic rings. The van der Waals surface area contributed by atoms with Gasteiger partial charge in [0, 0.05) is 18.4 Å². The van der Waals surface area contributed by atoms with Crippen molar-refractivity contribution < 1.29 is 4.79 Å². The number of aryl methyl sites for hydroxylation is 3. The minimum atomic E-state index is -0.441. The third-order valence-corrected chi connectivity index (χ3v) is 5.81. The van der Waals surface area contributed by atoms with Crippen LogP contribution in [0.4, 0.5) is 5.69 Å².